The number of nitrogens with zero attached hydrogens (tertiary/aromatic N) is 3. The lowest BCUT2D eigenvalue weighted by molar-refractivity contribution is -0.917. The minimum Gasteiger partial charge on any atom is -0.496 e. The lowest BCUT2D eigenvalue weighted by Gasteiger charge is -2.16. The van der Waals surface area contributed by atoms with Gasteiger partial charge in [0.05, 0.1) is 14.2 Å². The van der Waals surface area contributed by atoms with Crippen molar-refractivity contribution >= 4 is 28.1 Å². The van der Waals surface area contributed by atoms with Gasteiger partial charge < -0.3 is 14.2 Å². The molecule has 7 heteroatoms. The Morgan fingerprint density at radius 3 is 2.83 bits per heavy atom. The quantitative estimate of drug-likeness (QED) is 0.760. The fourth-order valence-corrected chi connectivity index (χ4v) is 3.70. The molecule has 23 heavy (non-hydrogen) atoms. The summed E-state index contributed by atoms with van der Waals surface area (Å²) in [5.41, 5.74) is 1.17. The van der Waals surface area contributed by atoms with Gasteiger partial charge in [-0.15, -0.1) is 0 Å². The van der Waals surface area contributed by atoms with Crippen LogP contribution in [0.5, 0.6) is 5.75 Å². The zero-order valence-electron chi connectivity index (χ0n) is 13.7. The van der Waals surface area contributed by atoms with Crippen LogP contribution in [-0.2, 0) is 13.2 Å². The van der Waals surface area contributed by atoms with Crippen molar-refractivity contribution in [2.45, 2.75) is 39.0 Å². The topological polar surface area (TPSA) is 36.4 Å². The summed E-state index contributed by atoms with van der Waals surface area (Å²) in [5, 5.41) is 4.63. The predicted molar refractivity (Wildman–Crippen MR) is 95.3 cm³/mol. The zero-order chi connectivity index (χ0) is 16.6. The molecule has 1 unspecified atom stereocenters. The fourth-order valence-electron chi connectivity index (χ4n) is 2.91. The summed E-state index contributed by atoms with van der Waals surface area (Å²) in [5.74, 6) is 1.93. The molecule has 2 aromatic rings. The van der Waals surface area contributed by atoms with E-state index in [0.29, 0.717) is 6.04 Å². The van der Waals surface area contributed by atoms with Gasteiger partial charge in [-0.05, 0) is 50.2 Å². The van der Waals surface area contributed by atoms with Gasteiger partial charge in [0, 0.05) is 16.1 Å². The summed E-state index contributed by atoms with van der Waals surface area (Å²) < 4.78 is 11.5. The molecule has 3 rings (SSSR count). The van der Waals surface area contributed by atoms with Crippen LogP contribution in [0.3, 0.4) is 0 Å². The molecule has 0 spiro atoms. The van der Waals surface area contributed by atoms with Crippen LogP contribution in [-0.4, -0.2) is 28.5 Å². The van der Waals surface area contributed by atoms with Gasteiger partial charge in [0.15, 0.2) is 6.67 Å². The second-order valence-electron chi connectivity index (χ2n) is 6.18. The number of benzene rings is 1. The van der Waals surface area contributed by atoms with Crippen LogP contribution in [0.15, 0.2) is 22.7 Å². The molecule has 0 bridgehead atoms. The van der Waals surface area contributed by atoms with Crippen LogP contribution in [0.25, 0.3) is 0 Å². The smallest absolute Gasteiger partial charge is 0.203 e. The van der Waals surface area contributed by atoms with E-state index >= 15 is 0 Å². The summed E-state index contributed by atoms with van der Waals surface area (Å²) in [4.78, 5) is 1.30. The van der Waals surface area contributed by atoms with E-state index in [1.807, 2.05) is 23.7 Å². The summed E-state index contributed by atoms with van der Waals surface area (Å²) >= 11 is 9.13. The van der Waals surface area contributed by atoms with Crippen LogP contribution in [0, 0.1) is 11.7 Å². The van der Waals surface area contributed by atoms with E-state index in [2.05, 4.69) is 38.7 Å². The first kappa shape index (κ1) is 16.7. The standard InChI is InChI=1S/C16H21BrN4OS/c1-11-18-20(16(23)21(11)14-5-6-14)10-19(2)9-12-8-13(17)4-7-15(12)22-3/h4,7-8,14H,5-6,9-10H2,1-3H3/p+1. The molecular formula is C16H22BrN4OS+. The van der Waals surface area contributed by atoms with Gasteiger partial charge in [0.1, 0.15) is 18.1 Å². The summed E-state index contributed by atoms with van der Waals surface area (Å²) in [6.07, 6.45) is 2.44. The first-order chi connectivity index (χ1) is 11.0. The van der Waals surface area contributed by atoms with Crippen molar-refractivity contribution in [3.05, 3.63) is 38.8 Å². The van der Waals surface area contributed by atoms with E-state index in [9.17, 15) is 0 Å². The SMILES string of the molecule is COc1ccc(Br)cc1C[NH+](C)Cn1nc(C)n(C2CC2)c1=S. The number of methoxy groups -OCH3 is 1. The molecule has 1 aromatic heterocycles. The molecule has 1 fully saturated rings. The van der Waals surface area contributed by atoms with Gasteiger partial charge in [-0.3, -0.25) is 0 Å². The predicted octanol–water partition coefficient (Wildman–Crippen LogP) is 2.50. The van der Waals surface area contributed by atoms with E-state index in [4.69, 9.17) is 17.0 Å². The molecular weight excluding hydrogens is 376 g/mol. The first-order valence-corrected chi connectivity index (χ1v) is 8.99. The maximum atomic E-state index is 5.60. The fraction of sp³-hybridized carbons (Fsp3) is 0.500. The van der Waals surface area contributed by atoms with Crippen molar-refractivity contribution in [1.29, 1.82) is 0 Å². The van der Waals surface area contributed by atoms with Gasteiger partial charge in [-0.25, -0.2) is 0 Å². The monoisotopic (exact) mass is 397 g/mol. The Balaban J connectivity index is 1.75. The number of quaternary nitrogens is 1. The molecule has 0 aliphatic heterocycles. The molecule has 1 saturated carbocycles. The van der Waals surface area contributed by atoms with Gasteiger partial charge in [0.25, 0.3) is 0 Å². The second kappa shape index (κ2) is 6.75. The van der Waals surface area contributed by atoms with Crippen molar-refractivity contribution in [1.82, 2.24) is 14.3 Å². The van der Waals surface area contributed by atoms with Crippen LogP contribution >= 0.6 is 28.1 Å². The second-order valence-corrected chi connectivity index (χ2v) is 7.46. The molecule has 1 heterocycles. The Morgan fingerprint density at radius 2 is 2.17 bits per heavy atom. The van der Waals surface area contributed by atoms with Crippen molar-refractivity contribution in [2.75, 3.05) is 14.2 Å². The minimum atomic E-state index is 0.571. The Hall–Kier alpha value is -1.18. The molecule has 1 N–H and O–H groups in total. The molecule has 0 radical (unpaired) electrons. The molecule has 1 aliphatic carbocycles. The van der Waals surface area contributed by atoms with Crippen molar-refractivity contribution in [3.63, 3.8) is 0 Å². The average Bonchev–Trinajstić information content (AvgIpc) is 3.27. The van der Waals surface area contributed by atoms with Crippen LogP contribution in [0.2, 0.25) is 0 Å². The van der Waals surface area contributed by atoms with Gasteiger partial charge in [-0.1, -0.05) is 15.9 Å². The van der Waals surface area contributed by atoms with Gasteiger partial charge >= 0.3 is 0 Å². The number of aryl methyl sites for hydroxylation is 1. The molecule has 5 nitrogen and oxygen atoms in total. The first-order valence-electron chi connectivity index (χ1n) is 7.79. The molecule has 1 atom stereocenters. The lowest BCUT2D eigenvalue weighted by Crippen LogP contribution is -3.07. The lowest BCUT2D eigenvalue weighted by atomic mass is 10.2. The number of aromatic nitrogens is 3. The molecule has 124 valence electrons. The summed E-state index contributed by atoms with van der Waals surface area (Å²) in [6, 6.07) is 6.66. The molecule has 0 saturated heterocycles. The summed E-state index contributed by atoms with van der Waals surface area (Å²) in [7, 11) is 3.85. The molecule has 1 aliphatic rings. The highest BCUT2D eigenvalue weighted by Crippen LogP contribution is 2.35. The third kappa shape index (κ3) is 3.67. The summed E-state index contributed by atoms with van der Waals surface area (Å²) in [6.45, 7) is 3.63. The van der Waals surface area contributed by atoms with Crippen LogP contribution in [0.1, 0.15) is 30.3 Å². The highest BCUT2D eigenvalue weighted by Gasteiger charge is 2.27. The Labute approximate surface area is 150 Å². The largest absolute Gasteiger partial charge is 0.496 e. The van der Waals surface area contributed by atoms with Gasteiger partial charge in [-0.2, -0.15) is 9.78 Å². The van der Waals surface area contributed by atoms with E-state index < -0.39 is 0 Å². The maximum Gasteiger partial charge on any atom is 0.203 e. The van der Waals surface area contributed by atoms with Crippen LogP contribution < -0.4 is 9.64 Å². The highest BCUT2D eigenvalue weighted by molar-refractivity contribution is 9.10. The third-order valence-corrected chi connectivity index (χ3v) is 5.01. The Kier molecular flexibility index (Phi) is 4.89. The van der Waals surface area contributed by atoms with Crippen molar-refractivity contribution in [2.24, 2.45) is 0 Å². The molecule has 0 amide bonds. The average molecular weight is 398 g/mol. The van der Waals surface area contributed by atoms with E-state index in [-0.39, 0.29) is 0 Å². The Morgan fingerprint density at radius 1 is 1.43 bits per heavy atom. The van der Waals surface area contributed by atoms with E-state index in [0.717, 1.165) is 34.0 Å². The number of ether oxygens (including phenoxy) is 1. The van der Waals surface area contributed by atoms with E-state index in [1.165, 1.54) is 23.3 Å². The van der Waals surface area contributed by atoms with Crippen LogP contribution in [0.4, 0.5) is 0 Å². The number of nitrogens with one attached hydrogen (secondary N) is 1. The highest BCUT2D eigenvalue weighted by atomic mass is 79.9. The third-order valence-electron chi connectivity index (χ3n) is 4.11. The van der Waals surface area contributed by atoms with Gasteiger partial charge in [0.2, 0.25) is 4.77 Å². The van der Waals surface area contributed by atoms with E-state index in [1.54, 1.807) is 7.11 Å². The van der Waals surface area contributed by atoms with Crippen molar-refractivity contribution in [3.8, 4) is 5.75 Å². The molecule has 1 aromatic carbocycles. The zero-order valence-corrected chi connectivity index (χ0v) is 16.1. The number of rotatable bonds is 6. The number of halogens is 1. The number of hydrogen-bond donors (Lipinski definition) is 1. The minimum absolute atomic E-state index is 0.571. The normalized spacial score (nSPS) is 15.7. The number of hydrogen-bond acceptors (Lipinski definition) is 3. The van der Waals surface area contributed by atoms with Crippen molar-refractivity contribution < 1.29 is 9.64 Å². The maximum absolute atomic E-state index is 5.60. The Bertz CT molecular complexity index is 766.